The summed E-state index contributed by atoms with van der Waals surface area (Å²) in [7, 11) is 1.82. The number of imidazole rings is 1. The number of guanidine groups is 1. The predicted molar refractivity (Wildman–Crippen MR) is 126 cm³/mol. The normalized spacial score (nSPS) is 12.9. The summed E-state index contributed by atoms with van der Waals surface area (Å²) in [4.78, 5) is 11.4. The average Bonchev–Trinajstić information content (AvgIpc) is 2.97. The molecule has 1 unspecified atom stereocenters. The van der Waals surface area contributed by atoms with E-state index in [4.69, 9.17) is 0 Å². The molecule has 1 atom stereocenters. The highest BCUT2D eigenvalue weighted by Gasteiger charge is 2.10. The smallest absolute Gasteiger partial charge is 0.191 e. The van der Waals surface area contributed by atoms with Crippen molar-refractivity contribution in [3.8, 4) is 0 Å². The van der Waals surface area contributed by atoms with Gasteiger partial charge in [0.25, 0.3) is 0 Å². The first-order valence-electron chi connectivity index (χ1n) is 9.71. The zero-order valence-electron chi connectivity index (χ0n) is 17.3. The minimum Gasteiger partial charge on any atom is -0.356 e. The number of benzene rings is 1. The van der Waals surface area contributed by atoms with Gasteiger partial charge in [-0.05, 0) is 45.5 Å². The second kappa shape index (κ2) is 12.2. The highest BCUT2D eigenvalue weighted by molar-refractivity contribution is 14.0. The highest BCUT2D eigenvalue weighted by Crippen LogP contribution is 2.15. The third-order valence-electron chi connectivity index (χ3n) is 4.92. The van der Waals surface area contributed by atoms with Crippen molar-refractivity contribution in [1.82, 2.24) is 25.1 Å². The molecule has 27 heavy (non-hydrogen) atoms. The Morgan fingerprint density at radius 2 is 1.93 bits per heavy atom. The second-order valence-corrected chi connectivity index (χ2v) is 6.60. The number of aromatic nitrogens is 2. The summed E-state index contributed by atoms with van der Waals surface area (Å²) < 4.78 is 2.29. The summed E-state index contributed by atoms with van der Waals surface area (Å²) in [5.41, 5.74) is 2.28. The quantitative estimate of drug-likeness (QED) is 0.247. The highest BCUT2D eigenvalue weighted by atomic mass is 127. The number of rotatable bonds is 9. The Balaban J connectivity index is 0.00000364. The topological polar surface area (TPSA) is 57.5 Å². The van der Waals surface area contributed by atoms with Gasteiger partial charge in [0, 0.05) is 32.7 Å². The number of hydrogen-bond donors (Lipinski definition) is 2. The first kappa shape index (κ1) is 23.7. The zero-order valence-corrected chi connectivity index (χ0v) is 19.7. The van der Waals surface area contributed by atoms with E-state index in [9.17, 15) is 0 Å². The van der Waals surface area contributed by atoms with Gasteiger partial charge in [-0.15, -0.1) is 24.0 Å². The molecular weight excluding hydrogens is 451 g/mol. The van der Waals surface area contributed by atoms with Gasteiger partial charge >= 0.3 is 0 Å². The van der Waals surface area contributed by atoms with Gasteiger partial charge in [-0.3, -0.25) is 9.89 Å². The van der Waals surface area contributed by atoms with Crippen LogP contribution in [-0.4, -0.2) is 59.7 Å². The largest absolute Gasteiger partial charge is 0.356 e. The fourth-order valence-corrected chi connectivity index (χ4v) is 3.36. The Bertz CT molecular complexity index is 708. The summed E-state index contributed by atoms with van der Waals surface area (Å²) in [5, 5.41) is 6.85. The van der Waals surface area contributed by atoms with Gasteiger partial charge in [-0.1, -0.05) is 26.0 Å². The molecule has 0 saturated heterocycles. The third kappa shape index (κ3) is 6.64. The number of aliphatic imine (C=N–C) groups is 1. The first-order valence-corrected chi connectivity index (χ1v) is 9.71. The van der Waals surface area contributed by atoms with E-state index in [0.717, 1.165) is 56.4 Å². The lowest BCUT2D eigenvalue weighted by molar-refractivity contribution is 0.231. The van der Waals surface area contributed by atoms with Crippen LogP contribution in [0.1, 0.15) is 33.0 Å². The van der Waals surface area contributed by atoms with Crippen LogP contribution in [0.25, 0.3) is 11.0 Å². The van der Waals surface area contributed by atoms with E-state index in [1.54, 1.807) is 0 Å². The number of hydrogen-bond acceptors (Lipinski definition) is 3. The fourth-order valence-electron chi connectivity index (χ4n) is 3.36. The van der Waals surface area contributed by atoms with Gasteiger partial charge in [0.05, 0.1) is 11.0 Å². The van der Waals surface area contributed by atoms with Gasteiger partial charge in [-0.2, -0.15) is 0 Å². The van der Waals surface area contributed by atoms with Crippen LogP contribution in [0.2, 0.25) is 0 Å². The number of fused-ring (bicyclic) bond motifs is 1. The first-order chi connectivity index (χ1) is 12.6. The van der Waals surface area contributed by atoms with Crippen molar-refractivity contribution >= 4 is 41.0 Å². The van der Waals surface area contributed by atoms with Crippen molar-refractivity contribution in [2.75, 3.05) is 33.2 Å². The van der Waals surface area contributed by atoms with Crippen molar-refractivity contribution in [2.24, 2.45) is 4.99 Å². The molecular formula is C20H35IN6. The van der Waals surface area contributed by atoms with E-state index in [-0.39, 0.29) is 24.0 Å². The molecule has 0 amide bonds. The van der Waals surface area contributed by atoms with Crippen LogP contribution < -0.4 is 10.6 Å². The molecule has 0 aliphatic heterocycles. The summed E-state index contributed by atoms with van der Waals surface area (Å²) in [6, 6.07) is 8.80. The zero-order chi connectivity index (χ0) is 18.9. The Labute approximate surface area is 180 Å². The number of likely N-dealkylation sites (N-methyl/N-ethyl adjacent to an activating group) is 1. The van der Waals surface area contributed by atoms with Gasteiger partial charge in [0.15, 0.2) is 5.96 Å². The van der Waals surface area contributed by atoms with Crippen LogP contribution in [0.4, 0.5) is 0 Å². The maximum absolute atomic E-state index is 4.63. The maximum Gasteiger partial charge on any atom is 0.191 e. The van der Waals surface area contributed by atoms with Gasteiger partial charge < -0.3 is 15.2 Å². The van der Waals surface area contributed by atoms with Crippen LogP contribution in [0.15, 0.2) is 29.3 Å². The molecule has 1 heterocycles. The molecule has 0 aliphatic carbocycles. The van der Waals surface area contributed by atoms with Crippen molar-refractivity contribution in [1.29, 1.82) is 0 Å². The maximum atomic E-state index is 4.63. The third-order valence-corrected chi connectivity index (χ3v) is 4.92. The summed E-state index contributed by atoms with van der Waals surface area (Å²) >= 11 is 0. The second-order valence-electron chi connectivity index (χ2n) is 6.60. The lowest BCUT2D eigenvalue weighted by Crippen LogP contribution is -2.46. The molecule has 0 bridgehead atoms. The molecule has 0 aliphatic rings. The standard InChI is InChI=1S/C20H34N6.HI/c1-6-25(7-2)16(3)15-23-20(21-5)22-13-10-14-26-17(4)24-18-11-8-9-12-19(18)26;/h8-9,11-12,16H,6-7,10,13-15H2,1-5H3,(H2,21,22,23);1H. The van der Waals surface area contributed by atoms with Crippen LogP contribution in [0, 0.1) is 6.92 Å². The Hall–Kier alpha value is -1.35. The van der Waals surface area contributed by atoms with E-state index in [2.05, 4.69) is 76.0 Å². The SMILES string of the molecule is CCN(CC)C(C)CNC(=NC)NCCCn1c(C)nc2ccccc21.I. The summed E-state index contributed by atoms with van der Waals surface area (Å²) in [6.07, 6.45) is 1.02. The number of nitrogens with one attached hydrogen (secondary N) is 2. The molecule has 1 aromatic heterocycles. The molecule has 1 aromatic carbocycles. The molecule has 7 heteroatoms. The van der Waals surface area contributed by atoms with Crippen LogP contribution >= 0.6 is 24.0 Å². The number of aryl methyl sites for hydroxylation is 2. The lowest BCUT2D eigenvalue weighted by atomic mass is 10.3. The van der Waals surface area contributed by atoms with E-state index < -0.39 is 0 Å². The van der Waals surface area contributed by atoms with Crippen molar-refractivity contribution in [3.05, 3.63) is 30.1 Å². The molecule has 152 valence electrons. The molecule has 2 aromatic rings. The Morgan fingerprint density at radius 1 is 1.22 bits per heavy atom. The van der Waals surface area contributed by atoms with Crippen molar-refractivity contribution in [2.45, 2.75) is 46.7 Å². The fraction of sp³-hybridized carbons (Fsp3) is 0.600. The molecule has 2 N–H and O–H groups in total. The minimum absolute atomic E-state index is 0. The van der Waals surface area contributed by atoms with Gasteiger partial charge in [0.1, 0.15) is 5.82 Å². The van der Waals surface area contributed by atoms with Gasteiger partial charge in [-0.25, -0.2) is 4.98 Å². The molecule has 6 nitrogen and oxygen atoms in total. The number of nitrogens with zero attached hydrogens (tertiary/aromatic N) is 4. The van der Waals surface area contributed by atoms with E-state index in [1.807, 2.05) is 13.1 Å². The predicted octanol–water partition coefficient (Wildman–Crippen LogP) is 3.25. The van der Waals surface area contributed by atoms with Crippen LogP contribution in [-0.2, 0) is 6.54 Å². The Kier molecular flexibility index (Phi) is 10.7. The number of para-hydroxylation sites is 2. The Morgan fingerprint density at radius 3 is 2.59 bits per heavy atom. The van der Waals surface area contributed by atoms with E-state index >= 15 is 0 Å². The summed E-state index contributed by atoms with van der Waals surface area (Å²) in [6.45, 7) is 13.6. The molecule has 0 fully saturated rings. The van der Waals surface area contributed by atoms with Crippen molar-refractivity contribution < 1.29 is 0 Å². The van der Waals surface area contributed by atoms with Crippen LogP contribution in [0.5, 0.6) is 0 Å². The molecule has 0 saturated carbocycles. The van der Waals surface area contributed by atoms with E-state index in [1.165, 1.54) is 5.52 Å². The average molecular weight is 486 g/mol. The monoisotopic (exact) mass is 486 g/mol. The molecule has 0 spiro atoms. The summed E-state index contributed by atoms with van der Waals surface area (Å²) in [5.74, 6) is 1.94. The molecule has 0 radical (unpaired) electrons. The van der Waals surface area contributed by atoms with E-state index in [0.29, 0.717) is 6.04 Å². The van der Waals surface area contributed by atoms with Crippen LogP contribution in [0.3, 0.4) is 0 Å². The number of halogens is 1. The van der Waals surface area contributed by atoms with Crippen molar-refractivity contribution in [3.63, 3.8) is 0 Å². The molecule has 2 rings (SSSR count). The van der Waals surface area contributed by atoms with Gasteiger partial charge in [0.2, 0.25) is 0 Å². The lowest BCUT2D eigenvalue weighted by Gasteiger charge is -2.27. The minimum atomic E-state index is 0.